The van der Waals surface area contributed by atoms with Gasteiger partial charge in [0.1, 0.15) is 6.61 Å². The summed E-state index contributed by atoms with van der Waals surface area (Å²) < 4.78 is 6.10. The molecule has 7 heteroatoms. The lowest BCUT2D eigenvalue weighted by molar-refractivity contribution is -0.118. The van der Waals surface area contributed by atoms with E-state index in [2.05, 4.69) is 34.4 Å². The van der Waals surface area contributed by atoms with Gasteiger partial charge in [-0.3, -0.25) is 10.1 Å². The van der Waals surface area contributed by atoms with Crippen molar-refractivity contribution < 1.29 is 14.6 Å². The van der Waals surface area contributed by atoms with Crippen molar-refractivity contribution in [1.29, 1.82) is 0 Å². The Labute approximate surface area is 157 Å². The molecule has 1 amide bonds. The summed E-state index contributed by atoms with van der Waals surface area (Å²) in [6, 6.07) is 10.2. The van der Waals surface area contributed by atoms with Crippen molar-refractivity contribution in [2.45, 2.75) is 32.0 Å². The van der Waals surface area contributed by atoms with E-state index in [1.807, 2.05) is 18.2 Å². The number of likely N-dealkylation sites (tertiary alicyclic amines) is 1. The van der Waals surface area contributed by atoms with Gasteiger partial charge in [0.2, 0.25) is 0 Å². The summed E-state index contributed by atoms with van der Waals surface area (Å²) in [6.07, 6.45) is 3.07. The molecule has 1 aliphatic rings. The average Bonchev–Trinajstić information content (AvgIpc) is 3.03. The third-order valence-electron chi connectivity index (χ3n) is 4.50. The number of benzene rings is 1. The Morgan fingerprint density at radius 3 is 2.77 bits per heavy atom. The van der Waals surface area contributed by atoms with Gasteiger partial charge >= 0.3 is 0 Å². The molecule has 0 saturated carbocycles. The van der Waals surface area contributed by atoms with Crippen LogP contribution in [-0.4, -0.2) is 53.7 Å². The molecule has 0 aliphatic carbocycles. The Bertz CT molecular complexity index is 712. The van der Waals surface area contributed by atoms with Crippen LogP contribution < -0.4 is 5.32 Å². The van der Waals surface area contributed by atoms with Crippen molar-refractivity contribution in [2.24, 2.45) is 0 Å². The summed E-state index contributed by atoms with van der Waals surface area (Å²) in [6.45, 7) is 2.00. The van der Waals surface area contributed by atoms with Crippen LogP contribution in [0.3, 0.4) is 0 Å². The van der Waals surface area contributed by atoms with E-state index in [4.69, 9.17) is 9.84 Å². The number of aliphatic hydroxyl groups excluding tert-OH is 1. The van der Waals surface area contributed by atoms with Crippen molar-refractivity contribution >= 4 is 22.4 Å². The third kappa shape index (κ3) is 5.35. The van der Waals surface area contributed by atoms with E-state index >= 15 is 0 Å². The second-order valence-electron chi connectivity index (χ2n) is 6.57. The molecule has 2 N–H and O–H groups in total. The zero-order valence-corrected chi connectivity index (χ0v) is 15.8. The summed E-state index contributed by atoms with van der Waals surface area (Å²) in [5, 5.41) is 12.1. The topological polar surface area (TPSA) is 74.7 Å². The van der Waals surface area contributed by atoms with Gasteiger partial charge in [-0.1, -0.05) is 30.3 Å². The lowest BCUT2D eigenvalue weighted by Gasteiger charge is -2.28. The highest BCUT2D eigenvalue weighted by Gasteiger charge is 2.19. The van der Waals surface area contributed by atoms with Gasteiger partial charge in [0.25, 0.3) is 5.91 Å². The maximum atomic E-state index is 11.5. The highest BCUT2D eigenvalue weighted by molar-refractivity contribution is 7.15. The van der Waals surface area contributed by atoms with Gasteiger partial charge in [-0.05, 0) is 25.5 Å². The molecule has 0 radical (unpaired) electrons. The molecule has 1 saturated heterocycles. The van der Waals surface area contributed by atoms with E-state index in [-0.39, 0.29) is 6.10 Å². The van der Waals surface area contributed by atoms with E-state index in [1.54, 1.807) is 0 Å². The summed E-state index contributed by atoms with van der Waals surface area (Å²) in [4.78, 5) is 19.4. The zero-order valence-electron chi connectivity index (χ0n) is 15.0. The molecule has 0 unspecified atom stereocenters. The molecule has 1 aliphatic heterocycles. The fourth-order valence-corrected chi connectivity index (χ4v) is 3.99. The number of amides is 1. The number of hydrogen-bond donors (Lipinski definition) is 2. The summed E-state index contributed by atoms with van der Waals surface area (Å²) >= 11 is 1.44. The largest absolute Gasteiger partial charge is 0.387 e. The zero-order chi connectivity index (χ0) is 18.4. The minimum absolute atomic E-state index is 0.257. The van der Waals surface area contributed by atoms with Crippen molar-refractivity contribution in [1.82, 2.24) is 9.88 Å². The number of anilines is 1. The fourth-order valence-electron chi connectivity index (χ4n) is 2.98. The lowest BCUT2D eigenvalue weighted by atomic mass is 10.1. The second-order valence-corrected chi connectivity index (χ2v) is 7.65. The molecule has 0 bridgehead atoms. The highest BCUT2D eigenvalue weighted by Crippen LogP contribution is 2.27. The molecule has 26 heavy (non-hydrogen) atoms. The van der Waals surface area contributed by atoms with Gasteiger partial charge in [0.15, 0.2) is 5.13 Å². The lowest BCUT2D eigenvalue weighted by Crippen LogP contribution is -2.34. The van der Waals surface area contributed by atoms with Crippen LogP contribution in [0.5, 0.6) is 0 Å². The molecule has 2 heterocycles. The van der Waals surface area contributed by atoms with Crippen molar-refractivity contribution in [3.63, 3.8) is 0 Å². The number of nitrogens with zero attached hydrogens (tertiary/aromatic N) is 2. The number of rotatable bonds is 7. The molecular formula is C19H25N3O3S. The fraction of sp³-hybridized carbons (Fsp3) is 0.474. The van der Waals surface area contributed by atoms with E-state index < -0.39 is 12.5 Å². The average molecular weight is 375 g/mol. The van der Waals surface area contributed by atoms with Gasteiger partial charge in [-0.15, -0.1) is 11.3 Å². The molecule has 0 atom stereocenters. The molecule has 3 rings (SSSR count). The van der Waals surface area contributed by atoms with Crippen molar-refractivity contribution in [3.8, 4) is 0 Å². The normalized spacial score (nSPS) is 15.9. The molecule has 1 fully saturated rings. The van der Waals surface area contributed by atoms with Gasteiger partial charge in [-0.2, -0.15) is 0 Å². The second kappa shape index (κ2) is 9.23. The predicted octanol–water partition coefficient (Wildman–Crippen LogP) is 2.28. The van der Waals surface area contributed by atoms with Crippen LogP contribution in [-0.2, 0) is 22.6 Å². The monoisotopic (exact) mass is 375 g/mol. The van der Waals surface area contributed by atoms with Crippen LogP contribution in [0.15, 0.2) is 30.3 Å². The first-order valence-corrected chi connectivity index (χ1v) is 9.69. The minimum Gasteiger partial charge on any atom is -0.387 e. The number of piperidine rings is 1. The Morgan fingerprint density at radius 1 is 1.35 bits per heavy atom. The van der Waals surface area contributed by atoms with Crippen LogP contribution in [0.1, 0.15) is 29.0 Å². The molecule has 2 aromatic rings. The first-order valence-electron chi connectivity index (χ1n) is 8.87. The number of nitrogens with one attached hydrogen (secondary N) is 1. The number of carbonyl (C=O) groups is 1. The van der Waals surface area contributed by atoms with Crippen LogP contribution in [0.4, 0.5) is 5.13 Å². The van der Waals surface area contributed by atoms with Crippen molar-refractivity contribution in [2.75, 3.05) is 32.1 Å². The van der Waals surface area contributed by atoms with Gasteiger partial charge in [0, 0.05) is 24.4 Å². The predicted molar refractivity (Wildman–Crippen MR) is 102 cm³/mol. The number of hydrogen-bond acceptors (Lipinski definition) is 6. The van der Waals surface area contributed by atoms with E-state index in [1.165, 1.54) is 16.9 Å². The summed E-state index contributed by atoms with van der Waals surface area (Å²) in [5.74, 6) is -0.451. The van der Waals surface area contributed by atoms with Crippen molar-refractivity contribution in [3.05, 3.63) is 46.5 Å². The van der Waals surface area contributed by atoms with Gasteiger partial charge in [-0.25, -0.2) is 4.98 Å². The smallest absolute Gasteiger partial charge is 0.251 e. The summed E-state index contributed by atoms with van der Waals surface area (Å²) in [7, 11) is 2.13. The number of carbonyl (C=O) groups excluding carboxylic acids is 1. The van der Waals surface area contributed by atoms with Crippen LogP contribution in [0.25, 0.3) is 0 Å². The SMILES string of the molecule is CN1CCC(OCc2nc(NC(=O)CO)sc2Cc2ccccc2)CC1. The number of thiazole rings is 1. The molecule has 1 aromatic carbocycles. The first-order chi connectivity index (χ1) is 12.6. The molecule has 140 valence electrons. The standard InChI is InChI=1S/C19H25N3O3S/c1-22-9-7-15(8-10-22)25-13-16-17(11-14-5-3-2-4-6-14)26-19(20-16)21-18(24)12-23/h2-6,15,23H,7-13H2,1H3,(H,20,21,24). The number of aromatic nitrogens is 1. The summed E-state index contributed by atoms with van der Waals surface area (Å²) in [5.41, 5.74) is 2.06. The number of aliphatic hydroxyl groups is 1. The van der Waals surface area contributed by atoms with E-state index in [9.17, 15) is 4.79 Å². The number of ether oxygens (including phenoxy) is 1. The Hall–Kier alpha value is -1.80. The Kier molecular flexibility index (Phi) is 6.73. The van der Waals surface area contributed by atoms with Crippen LogP contribution in [0.2, 0.25) is 0 Å². The Balaban J connectivity index is 1.69. The maximum absolute atomic E-state index is 11.5. The van der Waals surface area contributed by atoms with Gasteiger partial charge in [0.05, 0.1) is 18.4 Å². The maximum Gasteiger partial charge on any atom is 0.251 e. The minimum atomic E-state index is -0.547. The highest BCUT2D eigenvalue weighted by atomic mass is 32.1. The molecular weight excluding hydrogens is 350 g/mol. The van der Waals surface area contributed by atoms with E-state index in [0.29, 0.717) is 11.7 Å². The van der Waals surface area contributed by atoms with Gasteiger partial charge < -0.3 is 14.7 Å². The molecule has 6 nitrogen and oxygen atoms in total. The Morgan fingerprint density at radius 2 is 2.08 bits per heavy atom. The van der Waals surface area contributed by atoms with Crippen LogP contribution in [0, 0.1) is 0 Å². The van der Waals surface area contributed by atoms with Crippen LogP contribution >= 0.6 is 11.3 Å². The molecule has 0 spiro atoms. The third-order valence-corrected chi connectivity index (χ3v) is 5.51. The quantitative estimate of drug-likeness (QED) is 0.777. The first kappa shape index (κ1) is 19.0. The molecule has 1 aromatic heterocycles. The van der Waals surface area contributed by atoms with E-state index in [0.717, 1.165) is 42.9 Å².